The van der Waals surface area contributed by atoms with Gasteiger partial charge in [-0.2, -0.15) is 0 Å². The van der Waals surface area contributed by atoms with Gasteiger partial charge in [0.15, 0.2) is 0 Å². The SMILES string of the molecule is ICOC1CN(I)C1. The van der Waals surface area contributed by atoms with Gasteiger partial charge in [-0.25, -0.2) is 3.11 Å². The lowest BCUT2D eigenvalue weighted by atomic mass is 10.2. The lowest BCUT2D eigenvalue weighted by molar-refractivity contribution is 0.0212. The van der Waals surface area contributed by atoms with Gasteiger partial charge in [-0.1, -0.05) is 22.6 Å². The largest absolute Gasteiger partial charge is 0.365 e. The second-order valence-corrected chi connectivity index (χ2v) is 3.71. The number of rotatable bonds is 2. The summed E-state index contributed by atoms with van der Waals surface area (Å²) in [7, 11) is 0. The molecule has 1 fully saturated rings. The van der Waals surface area contributed by atoms with Crippen LogP contribution in [0, 0.1) is 0 Å². The molecule has 0 N–H and O–H groups in total. The molecule has 0 saturated carbocycles. The van der Waals surface area contributed by atoms with E-state index in [0.717, 1.165) is 17.7 Å². The summed E-state index contributed by atoms with van der Waals surface area (Å²) < 4.78 is 8.33. The molecule has 2 nitrogen and oxygen atoms in total. The van der Waals surface area contributed by atoms with Gasteiger partial charge in [0.1, 0.15) is 0 Å². The maximum Gasteiger partial charge on any atom is 0.0984 e. The minimum Gasteiger partial charge on any atom is -0.365 e. The molecule has 4 heteroatoms. The van der Waals surface area contributed by atoms with Crippen LogP contribution < -0.4 is 0 Å². The molecular formula is C4H7I2NO. The molecule has 0 radical (unpaired) electrons. The molecule has 8 heavy (non-hydrogen) atoms. The van der Waals surface area contributed by atoms with Gasteiger partial charge in [-0.15, -0.1) is 0 Å². The Morgan fingerprint density at radius 2 is 2.25 bits per heavy atom. The van der Waals surface area contributed by atoms with Gasteiger partial charge in [0.2, 0.25) is 0 Å². The molecule has 0 amide bonds. The minimum absolute atomic E-state index is 0.517. The number of halogens is 2. The van der Waals surface area contributed by atoms with Crippen LogP contribution in [0.4, 0.5) is 0 Å². The molecule has 0 bridgehead atoms. The molecule has 0 spiro atoms. The van der Waals surface area contributed by atoms with Crippen molar-refractivity contribution in [2.24, 2.45) is 0 Å². The van der Waals surface area contributed by atoms with Crippen LogP contribution in [0.3, 0.4) is 0 Å². The summed E-state index contributed by atoms with van der Waals surface area (Å²) in [6.45, 7) is 2.20. The van der Waals surface area contributed by atoms with E-state index in [9.17, 15) is 0 Å². The lowest BCUT2D eigenvalue weighted by Gasteiger charge is -2.33. The molecular weight excluding hydrogens is 332 g/mol. The van der Waals surface area contributed by atoms with Crippen molar-refractivity contribution >= 4 is 45.5 Å². The molecule has 0 aromatic rings. The van der Waals surface area contributed by atoms with E-state index in [0.29, 0.717) is 6.10 Å². The van der Waals surface area contributed by atoms with E-state index in [2.05, 4.69) is 48.6 Å². The van der Waals surface area contributed by atoms with Crippen molar-refractivity contribution in [1.82, 2.24) is 3.11 Å². The van der Waals surface area contributed by atoms with Gasteiger partial charge >= 0.3 is 0 Å². The van der Waals surface area contributed by atoms with E-state index < -0.39 is 0 Å². The summed E-state index contributed by atoms with van der Waals surface area (Å²) in [5, 5.41) is 0. The van der Waals surface area contributed by atoms with E-state index in [1.807, 2.05) is 0 Å². The maximum absolute atomic E-state index is 5.29. The highest BCUT2D eigenvalue weighted by Crippen LogP contribution is 2.15. The Morgan fingerprint density at radius 3 is 2.62 bits per heavy atom. The maximum atomic E-state index is 5.29. The summed E-state index contributed by atoms with van der Waals surface area (Å²) in [6.07, 6.45) is 0.517. The highest BCUT2D eigenvalue weighted by Gasteiger charge is 2.24. The van der Waals surface area contributed by atoms with E-state index in [-0.39, 0.29) is 0 Å². The molecule has 0 aliphatic carbocycles. The Morgan fingerprint density at radius 1 is 1.62 bits per heavy atom. The van der Waals surface area contributed by atoms with Crippen LogP contribution >= 0.6 is 45.5 Å². The highest BCUT2D eigenvalue weighted by molar-refractivity contribution is 14.1. The normalized spacial score (nSPS) is 23.2. The molecule has 48 valence electrons. The fourth-order valence-corrected chi connectivity index (χ4v) is 1.97. The first kappa shape index (κ1) is 7.49. The monoisotopic (exact) mass is 339 g/mol. The third-order valence-corrected chi connectivity index (χ3v) is 2.25. The molecule has 1 saturated heterocycles. The Bertz CT molecular complexity index is 71.7. The number of alkyl halides is 1. The number of nitrogens with zero attached hydrogens (tertiary/aromatic N) is 1. The zero-order valence-electron chi connectivity index (χ0n) is 4.31. The first-order valence-electron chi connectivity index (χ1n) is 2.41. The quantitative estimate of drug-likeness (QED) is 0.429. The molecule has 1 aliphatic rings. The minimum atomic E-state index is 0.517. The van der Waals surface area contributed by atoms with Gasteiger partial charge in [0.25, 0.3) is 0 Å². The van der Waals surface area contributed by atoms with Crippen LogP contribution in [0.5, 0.6) is 0 Å². The third kappa shape index (κ3) is 1.96. The van der Waals surface area contributed by atoms with Crippen molar-refractivity contribution in [2.75, 3.05) is 17.7 Å². The second kappa shape index (κ2) is 3.52. The molecule has 1 rings (SSSR count). The fraction of sp³-hybridized carbons (Fsp3) is 1.00. The zero-order chi connectivity index (χ0) is 5.98. The van der Waals surface area contributed by atoms with Gasteiger partial charge in [-0.3, -0.25) is 0 Å². The number of hydrogen-bond donors (Lipinski definition) is 0. The molecule has 0 aromatic heterocycles. The predicted octanol–water partition coefficient (Wildman–Crippen LogP) is 1.43. The third-order valence-electron chi connectivity index (χ3n) is 1.10. The standard InChI is InChI=1S/C4H7I2NO/c5-3-8-4-1-7(6)2-4/h4H,1-3H2. The lowest BCUT2D eigenvalue weighted by Crippen LogP contribution is -2.45. The van der Waals surface area contributed by atoms with Crippen LogP contribution in [0.2, 0.25) is 0 Å². The van der Waals surface area contributed by atoms with Crippen molar-refractivity contribution < 1.29 is 4.74 Å². The first-order valence-corrected chi connectivity index (χ1v) is 4.90. The van der Waals surface area contributed by atoms with Crippen molar-refractivity contribution in [2.45, 2.75) is 6.10 Å². The van der Waals surface area contributed by atoms with Crippen LogP contribution in [0.15, 0.2) is 0 Å². The van der Waals surface area contributed by atoms with Gasteiger partial charge in [0.05, 0.1) is 10.7 Å². The van der Waals surface area contributed by atoms with E-state index in [1.54, 1.807) is 0 Å². The summed E-state index contributed by atoms with van der Waals surface area (Å²) >= 11 is 4.52. The molecule has 0 atom stereocenters. The van der Waals surface area contributed by atoms with Gasteiger partial charge < -0.3 is 4.74 Å². The summed E-state index contributed by atoms with van der Waals surface area (Å²) in [5.41, 5.74) is 0. The Labute approximate surface area is 76.6 Å². The Kier molecular flexibility index (Phi) is 3.30. The van der Waals surface area contributed by atoms with Crippen LogP contribution in [-0.2, 0) is 4.74 Å². The highest BCUT2D eigenvalue weighted by atomic mass is 127. The van der Waals surface area contributed by atoms with Crippen molar-refractivity contribution in [3.8, 4) is 0 Å². The van der Waals surface area contributed by atoms with Crippen molar-refractivity contribution in [3.05, 3.63) is 0 Å². The van der Waals surface area contributed by atoms with E-state index in [4.69, 9.17) is 4.74 Å². The zero-order valence-corrected chi connectivity index (χ0v) is 8.63. The first-order chi connectivity index (χ1) is 3.83. The van der Waals surface area contributed by atoms with E-state index in [1.165, 1.54) is 0 Å². The summed E-state index contributed by atoms with van der Waals surface area (Å²) in [6, 6.07) is 0. The van der Waals surface area contributed by atoms with Gasteiger partial charge in [-0.05, 0) is 0 Å². The van der Waals surface area contributed by atoms with Crippen LogP contribution in [-0.4, -0.2) is 26.9 Å². The Hall–Kier alpha value is 1.38. The topological polar surface area (TPSA) is 12.5 Å². The Balaban J connectivity index is 1.98. The predicted molar refractivity (Wildman–Crippen MR) is 49.4 cm³/mol. The molecule has 1 heterocycles. The molecule has 1 aliphatic heterocycles. The molecule has 0 unspecified atom stereocenters. The van der Waals surface area contributed by atoms with Crippen LogP contribution in [0.25, 0.3) is 0 Å². The number of ether oxygens (including phenoxy) is 1. The van der Waals surface area contributed by atoms with Crippen molar-refractivity contribution in [3.63, 3.8) is 0 Å². The summed E-state index contributed by atoms with van der Waals surface area (Å²) in [5.74, 6) is 0. The van der Waals surface area contributed by atoms with Crippen LogP contribution in [0.1, 0.15) is 0 Å². The number of hydrogen-bond acceptors (Lipinski definition) is 2. The average Bonchev–Trinajstić information content (AvgIpc) is 1.64. The molecule has 0 aromatic carbocycles. The summed E-state index contributed by atoms with van der Waals surface area (Å²) in [4.78, 5) is 0. The second-order valence-electron chi connectivity index (χ2n) is 1.73. The van der Waals surface area contributed by atoms with Crippen molar-refractivity contribution in [1.29, 1.82) is 0 Å². The van der Waals surface area contributed by atoms with Gasteiger partial charge in [0, 0.05) is 36.0 Å². The van der Waals surface area contributed by atoms with E-state index >= 15 is 0 Å². The fourth-order valence-electron chi connectivity index (χ4n) is 0.583. The average molecular weight is 339 g/mol. The smallest absolute Gasteiger partial charge is 0.0984 e.